The Labute approximate surface area is 118 Å². The van der Waals surface area contributed by atoms with Gasteiger partial charge in [-0.2, -0.15) is 0 Å². The number of hydrogen-bond acceptors (Lipinski definition) is 5. The molecule has 0 bridgehead atoms. The summed E-state index contributed by atoms with van der Waals surface area (Å²) in [5.41, 5.74) is 1.68. The lowest BCUT2D eigenvalue weighted by molar-refractivity contribution is 0.0969. The molecule has 0 fully saturated rings. The topological polar surface area (TPSA) is 74.1 Å². The Morgan fingerprint density at radius 1 is 1.50 bits per heavy atom. The number of nitrogens with zero attached hydrogens (tertiary/aromatic N) is 3. The second-order valence-electron chi connectivity index (χ2n) is 4.54. The second-order valence-corrected chi connectivity index (χ2v) is 5.81. The van der Waals surface area contributed by atoms with E-state index in [1.54, 1.807) is 6.07 Å². The van der Waals surface area contributed by atoms with Gasteiger partial charge in [0.25, 0.3) is 0 Å². The molecule has 7 heteroatoms. The van der Waals surface area contributed by atoms with E-state index in [1.165, 1.54) is 17.2 Å². The fourth-order valence-corrected chi connectivity index (χ4v) is 2.79. The van der Waals surface area contributed by atoms with E-state index in [4.69, 9.17) is 4.74 Å². The van der Waals surface area contributed by atoms with Crippen LogP contribution in [0.1, 0.15) is 15.9 Å². The Bertz CT molecular complexity index is 696. The third-order valence-electron chi connectivity index (χ3n) is 3.16. The molecule has 1 aromatic heterocycles. The molecule has 1 aliphatic rings. The van der Waals surface area contributed by atoms with Crippen molar-refractivity contribution in [3.8, 4) is 5.75 Å². The summed E-state index contributed by atoms with van der Waals surface area (Å²) in [7, 11) is -1.26. The molecule has 0 aliphatic carbocycles. The molecule has 1 aromatic carbocycles. The van der Waals surface area contributed by atoms with Crippen LogP contribution in [0.15, 0.2) is 29.7 Å². The maximum Gasteiger partial charge on any atom is 0.221 e. The van der Waals surface area contributed by atoms with Gasteiger partial charge in [-0.25, -0.2) is 0 Å². The highest BCUT2D eigenvalue weighted by Crippen LogP contribution is 2.26. The van der Waals surface area contributed by atoms with E-state index in [2.05, 4.69) is 10.2 Å². The molecule has 0 saturated carbocycles. The van der Waals surface area contributed by atoms with Crippen molar-refractivity contribution in [1.82, 2.24) is 14.8 Å². The molecule has 20 heavy (non-hydrogen) atoms. The number of ether oxygens (including phenoxy) is 1. The quantitative estimate of drug-likeness (QED) is 0.780. The van der Waals surface area contributed by atoms with Gasteiger partial charge < -0.3 is 4.74 Å². The first-order chi connectivity index (χ1) is 9.65. The summed E-state index contributed by atoms with van der Waals surface area (Å²) in [6.45, 7) is 0.749. The summed E-state index contributed by atoms with van der Waals surface area (Å²) >= 11 is 0. The zero-order chi connectivity index (χ0) is 14.1. The molecule has 2 heterocycles. The van der Waals surface area contributed by atoms with E-state index >= 15 is 0 Å². The maximum atomic E-state index is 12.3. The molecule has 1 aliphatic heterocycles. The molecule has 0 radical (unpaired) electrons. The number of ketones is 1. The third-order valence-corrected chi connectivity index (χ3v) is 3.99. The SMILES string of the molecule is CS(=O)c1nncn1CC(=O)c1ccc2c(c1)CCO2. The molecule has 0 spiro atoms. The lowest BCUT2D eigenvalue weighted by Gasteiger charge is -2.05. The Kier molecular flexibility index (Phi) is 3.35. The van der Waals surface area contributed by atoms with Gasteiger partial charge in [0.05, 0.1) is 24.0 Å². The molecule has 104 valence electrons. The van der Waals surface area contributed by atoms with Crippen molar-refractivity contribution in [2.75, 3.05) is 12.9 Å². The van der Waals surface area contributed by atoms with Crippen molar-refractivity contribution in [1.29, 1.82) is 0 Å². The number of carbonyl (C=O) groups excluding carboxylic acids is 1. The van der Waals surface area contributed by atoms with Crippen LogP contribution in [0.4, 0.5) is 0 Å². The molecule has 0 saturated heterocycles. The van der Waals surface area contributed by atoms with Crippen LogP contribution in [-0.4, -0.2) is 37.6 Å². The van der Waals surface area contributed by atoms with E-state index < -0.39 is 10.8 Å². The van der Waals surface area contributed by atoms with Crippen LogP contribution < -0.4 is 4.74 Å². The fourth-order valence-electron chi connectivity index (χ4n) is 2.18. The van der Waals surface area contributed by atoms with E-state index in [0.29, 0.717) is 17.3 Å². The Balaban J connectivity index is 1.83. The van der Waals surface area contributed by atoms with Crippen molar-refractivity contribution < 1.29 is 13.7 Å². The van der Waals surface area contributed by atoms with E-state index in [1.807, 2.05) is 12.1 Å². The van der Waals surface area contributed by atoms with Crippen molar-refractivity contribution in [3.05, 3.63) is 35.7 Å². The smallest absolute Gasteiger partial charge is 0.221 e. The molecule has 1 atom stereocenters. The minimum Gasteiger partial charge on any atom is -0.493 e. The first-order valence-electron chi connectivity index (χ1n) is 6.15. The van der Waals surface area contributed by atoms with E-state index in [9.17, 15) is 9.00 Å². The molecule has 3 rings (SSSR count). The van der Waals surface area contributed by atoms with Gasteiger partial charge in [-0.15, -0.1) is 10.2 Å². The lowest BCUT2D eigenvalue weighted by Crippen LogP contribution is -2.13. The van der Waals surface area contributed by atoms with Crippen LogP contribution in [0.2, 0.25) is 0 Å². The predicted octanol–water partition coefficient (Wildman–Crippen LogP) is 0.833. The van der Waals surface area contributed by atoms with Crippen LogP contribution in [0.5, 0.6) is 5.75 Å². The molecule has 6 nitrogen and oxygen atoms in total. The first kappa shape index (κ1) is 13.0. The predicted molar refractivity (Wildman–Crippen MR) is 72.3 cm³/mol. The highest BCUT2D eigenvalue weighted by atomic mass is 32.2. The number of fused-ring (bicyclic) bond motifs is 1. The summed E-state index contributed by atoms with van der Waals surface area (Å²) < 4.78 is 18.4. The average Bonchev–Trinajstić information content (AvgIpc) is 3.05. The summed E-state index contributed by atoms with van der Waals surface area (Å²) in [4.78, 5) is 12.3. The minimum absolute atomic E-state index is 0.0637. The van der Waals surface area contributed by atoms with Gasteiger partial charge in [0.1, 0.15) is 12.1 Å². The Hall–Kier alpha value is -2.02. The molecule has 0 N–H and O–H groups in total. The lowest BCUT2D eigenvalue weighted by atomic mass is 10.1. The first-order valence-corrected chi connectivity index (χ1v) is 7.71. The second kappa shape index (κ2) is 5.16. The highest BCUT2D eigenvalue weighted by molar-refractivity contribution is 7.84. The molecule has 2 aromatic rings. The van der Waals surface area contributed by atoms with Crippen molar-refractivity contribution in [2.45, 2.75) is 18.1 Å². The van der Waals surface area contributed by atoms with Gasteiger partial charge >= 0.3 is 0 Å². The number of Topliss-reactive ketones (excluding diaryl/α,β-unsaturated/α-hetero) is 1. The monoisotopic (exact) mass is 291 g/mol. The van der Waals surface area contributed by atoms with E-state index in [-0.39, 0.29) is 12.3 Å². The van der Waals surface area contributed by atoms with Gasteiger partial charge in [0.15, 0.2) is 5.78 Å². The molecule has 1 unspecified atom stereocenters. The number of hydrogen-bond donors (Lipinski definition) is 0. The number of carbonyl (C=O) groups is 1. The number of aromatic nitrogens is 3. The van der Waals surface area contributed by atoms with Gasteiger partial charge in [-0.3, -0.25) is 13.6 Å². The maximum absolute atomic E-state index is 12.3. The zero-order valence-corrected chi connectivity index (χ0v) is 11.7. The Morgan fingerprint density at radius 2 is 2.35 bits per heavy atom. The van der Waals surface area contributed by atoms with Crippen LogP contribution in [0, 0.1) is 0 Å². The number of benzene rings is 1. The average molecular weight is 291 g/mol. The standard InChI is InChI=1S/C13H13N3O3S/c1-20(18)13-15-14-8-16(13)7-11(17)9-2-3-12-10(6-9)4-5-19-12/h2-3,6,8H,4-5,7H2,1H3. The highest BCUT2D eigenvalue weighted by Gasteiger charge is 2.17. The third kappa shape index (κ3) is 2.36. The van der Waals surface area contributed by atoms with Gasteiger partial charge in [0, 0.05) is 18.2 Å². The van der Waals surface area contributed by atoms with Gasteiger partial charge in [-0.1, -0.05) is 0 Å². The molecule has 0 amide bonds. The molecular weight excluding hydrogens is 278 g/mol. The van der Waals surface area contributed by atoms with Gasteiger partial charge in [-0.05, 0) is 23.8 Å². The summed E-state index contributed by atoms with van der Waals surface area (Å²) in [6, 6.07) is 5.43. The molecular formula is C13H13N3O3S. The summed E-state index contributed by atoms with van der Waals surface area (Å²) in [5, 5.41) is 7.76. The van der Waals surface area contributed by atoms with Crippen molar-refractivity contribution in [3.63, 3.8) is 0 Å². The van der Waals surface area contributed by atoms with Crippen LogP contribution in [-0.2, 0) is 23.8 Å². The van der Waals surface area contributed by atoms with Crippen molar-refractivity contribution in [2.24, 2.45) is 0 Å². The normalized spacial score (nSPS) is 14.7. The van der Waals surface area contributed by atoms with E-state index in [0.717, 1.165) is 17.7 Å². The van der Waals surface area contributed by atoms with Crippen LogP contribution >= 0.6 is 0 Å². The summed E-state index contributed by atoms with van der Waals surface area (Å²) in [5.74, 6) is 0.785. The van der Waals surface area contributed by atoms with Crippen LogP contribution in [0.25, 0.3) is 0 Å². The van der Waals surface area contributed by atoms with Crippen LogP contribution in [0.3, 0.4) is 0 Å². The van der Waals surface area contributed by atoms with Crippen molar-refractivity contribution >= 4 is 16.6 Å². The van der Waals surface area contributed by atoms with Gasteiger partial charge in [0.2, 0.25) is 5.16 Å². The minimum atomic E-state index is -1.26. The summed E-state index contributed by atoms with van der Waals surface area (Å²) in [6.07, 6.45) is 3.76. The zero-order valence-electron chi connectivity index (χ0n) is 10.9. The number of rotatable bonds is 4. The Morgan fingerprint density at radius 3 is 3.15 bits per heavy atom. The largest absolute Gasteiger partial charge is 0.493 e. The fraction of sp³-hybridized carbons (Fsp3) is 0.308.